The highest BCUT2D eigenvalue weighted by molar-refractivity contribution is 9.10. The van der Waals surface area contributed by atoms with Crippen molar-refractivity contribution in [2.45, 2.75) is 46.1 Å². The van der Waals surface area contributed by atoms with Crippen molar-refractivity contribution < 1.29 is 23.8 Å². The highest BCUT2D eigenvalue weighted by atomic mass is 79.9. The first-order valence-corrected chi connectivity index (χ1v) is 12.8. The number of benzene rings is 1. The van der Waals surface area contributed by atoms with E-state index in [4.69, 9.17) is 19.9 Å². The van der Waals surface area contributed by atoms with Crippen molar-refractivity contribution >= 4 is 33.6 Å². The van der Waals surface area contributed by atoms with Crippen molar-refractivity contribution in [2.24, 2.45) is 5.73 Å². The van der Waals surface area contributed by atoms with Gasteiger partial charge in [0.1, 0.15) is 12.6 Å². The number of halogens is 1. The minimum absolute atomic E-state index is 0. The lowest BCUT2D eigenvalue weighted by atomic mass is 10.1. The molecule has 0 unspecified atom stereocenters. The predicted octanol–water partition coefficient (Wildman–Crippen LogP) is 3.21. The monoisotopic (exact) mass is 590 g/mol. The van der Waals surface area contributed by atoms with Crippen LogP contribution in [-0.2, 0) is 32.2 Å². The summed E-state index contributed by atoms with van der Waals surface area (Å²) in [5, 5.41) is 11.6. The fraction of sp³-hybridized carbons (Fsp3) is 0.462. The zero-order chi connectivity index (χ0) is 26.4. The van der Waals surface area contributed by atoms with Crippen LogP contribution >= 0.6 is 15.9 Å². The second kappa shape index (κ2) is 13.1. The number of ether oxygens (including phenoxy) is 3. The second-order valence-corrected chi connectivity index (χ2v) is 10.1. The summed E-state index contributed by atoms with van der Waals surface area (Å²) in [4.78, 5) is 27.0. The Labute approximate surface area is 230 Å². The van der Waals surface area contributed by atoms with E-state index >= 15 is 0 Å². The standard InChI is InChI=1S/C25H31BrN6O5.CH4/c1-25(2,27)23(33)28-20(16-36-14-17-6-3-4-8-19(17)26)22-30-29-21-9-5-7-18(32(21)22)15-37-24(34)31-10-12-35-13-11-31;/h3-9,20H,10-16,27H2,1-2H3,(H,28,33);1H4/t20-;/m1./s1. The van der Waals surface area contributed by atoms with Crippen LogP contribution in [-0.4, -0.2) is 69.9 Å². The summed E-state index contributed by atoms with van der Waals surface area (Å²) in [7, 11) is 0. The molecule has 3 aromatic rings. The fourth-order valence-corrected chi connectivity index (χ4v) is 4.17. The molecule has 206 valence electrons. The molecular formula is C26H35BrN6O5. The van der Waals surface area contributed by atoms with E-state index in [0.29, 0.717) is 50.1 Å². The molecule has 12 heteroatoms. The Morgan fingerprint density at radius 3 is 2.58 bits per heavy atom. The van der Waals surface area contributed by atoms with E-state index in [0.717, 1.165) is 10.0 Å². The molecule has 0 saturated carbocycles. The van der Waals surface area contributed by atoms with Crippen molar-refractivity contribution in [2.75, 3.05) is 32.9 Å². The van der Waals surface area contributed by atoms with Crippen LogP contribution in [0.4, 0.5) is 4.79 Å². The minimum Gasteiger partial charge on any atom is -0.443 e. The Hall–Kier alpha value is -3.06. The van der Waals surface area contributed by atoms with Crippen LogP contribution < -0.4 is 11.1 Å². The molecule has 4 rings (SSSR count). The summed E-state index contributed by atoms with van der Waals surface area (Å²) in [6.45, 7) is 5.63. The zero-order valence-corrected chi connectivity index (χ0v) is 22.4. The summed E-state index contributed by atoms with van der Waals surface area (Å²) >= 11 is 3.52. The number of hydrogen-bond acceptors (Lipinski definition) is 8. The Morgan fingerprint density at radius 2 is 1.87 bits per heavy atom. The minimum atomic E-state index is -1.11. The van der Waals surface area contributed by atoms with Crippen molar-refractivity contribution in [3.05, 3.63) is 64.0 Å². The van der Waals surface area contributed by atoms with Crippen LogP contribution in [0, 0.1) is 0 Å². The first-order chi connectivity index (χ1) is 17.7. The number of aromatic nitrogens is 3. The van der Waals surface area contributed by atoms with E-state index in [1.807, 2.05) is 36.4 Å². The first kappa shape index (κ1) is 29.5. The van der Waals surface area contributed by atoms with Crippen molar-refractivity contribution in [3.63, 3.8) is 0 Å². The molecule has 0 spiro atoms. The normalized spacial score (nSPS) is 14.6. The molecule has 3 heterocycles. The fourth-order valence-electron chi connectivity index (χ4n) is 3.77. The Morgan fingerprint density at radius 1 is 1.13 bits per heavy atom. The van der Waals surface area contributed by atoms with Gasteiger partial charge < -0.3 is 30.2 Å². The summed E-state index contributed by atoms with van der Waals surface area (Å²) in [6, 6.07) is 12.5. The Balaban J connectivity index is 0.00000400. The maximum absolute atomic E-state index is 12.8. The summed E-state index contributed by atoms with van der Waals surface area (Å²) in [5.41, 5.74) is 7.09. The molecule has 1 atom stereocenters. The van der Waals surface area contributed by atoms with E-state index in [1.165, 1.54) is 0 Å². The van der Waals surface area contributed by atoms with Crippen LogP contribution in [0.1, 0.15) is 44.4 Å². The molecule has 38 heavy (non-hydrogen) atoms. The first-order valence-electron chi connectivity index (χ1n) is 12.0. The van der Waals surface area contributed by atoms with Gasteiger partial charge in [-0.1, -0.05) is 47.6 Å². The van der Waals surface area contributed by atoms with Crippen molar-refractivity contribution in [3.8, 4) is 0 Å². The molecule has 3 N–H and O–H groups in total. The molecule has 2 aromatic heterocycles. The molecule has 1 aromatic carbocycles. The third-order valence-corrected chi connectivity index (χ3v) is 6.62. The predicted molar refractivity (Wildman–Crippen MR) is 145 cm³/mol. The number of nitrogens with one attached hydrogen (secondary N) is 1. The van der Waals surface area contributed by atoms with Crippen LogP contribution in [0.3, 0.4) is 0 Å². The van der Waals surface area contributed by atoms with E-state index in [9.17, 15) is 9.59 Å². The number of amides is 2. The number of carbonyl (C=O) groups is 2. The number of hydrogen-bond donors (Lipinski definition) is 2. The zero-order valence-electron chi connectivity index (χ0n) is 20.9. The van der Waals surface area contributed by atoms with Gasteiger partial charge in [-0.3, -0.25) is 9.20 Å². The molecular weight excluding hydrogens is 556 g/mol. The largest absolute Gasteiger partial charge is 0.443 e. The van der Waals surface area contributed by atoms with Gasteiger partial charge in [-0.2, -0.15) is 0 Å². The molecule has 1 aliphatic heterocycles. The van der Waals surface area contributed by atoms with Gasteiger partial charge in [0.2, 0.25) is 5.91 Å². The van der Waals surface area contributed by atoms with E-state index in [2.05, 4.69) is 31.4 Å². The third kappa shape index (κ3) is 7.28. The van der Waals surface area contributed by atoms with Crippen LogP contribution in [0.5, 0.6) is 0 Å². The molecule has 1 aliphatic rings. The molecule has 0 bridgehead atoms. The average Bonchev–Trinajstić information content (AvgIpc) is 3.32. The van der Waals surface area contributed by atoms with Gasteiger partial charge in [0, 0.05) is 17.6 Å². The number of pyridine rings is 1. The lowest BCUT2D eigenvalue weighted by Crippen LogP contribution is -2.51. The molecule has 1 saturated heterocycles. The topological polar surface area (TPSA) is 133 Å². The van der Waals surface area contributed by atoms with E-state index in [1.54, 1.807) is 29.2 Å². The average molecular weight is 592 g/mol. The summed E-state index contributed by atoms with van der Waals surface area (Å²) in [5.74, 6) is 0.0766. The maximum atomic E-state index is 12.8. The van der Waals surface area contributed by atoms with Gasteiger partial charge in [0.15, 0.2) is 11.5 Å². The Kier molecular flexibility index (Phi) is 10.2. The highest BCUT2D eigenvalue weighted by Crippen LogP contribution is 2.21. The highest BCUT2D eigenvalue weighted by Gasteiger charge is 2.29. The lowest BCUT2D eigenvalue weighted by Gasteiger charge is -2.26. The molecule has 0 radical (unpaired) electrons. The maximum Gasteiger partial charge on any atom is 0.410 e. The third-order valence-electron chi connectivity index (χ3n) is 5.85. The number of rotatable bonds is 9. The number of carbonyl (C=O) groups excluding carboxylic acids is 2. The van der Waals surface area contributed by atoms with Crippen LogP contribution in [0.25, 0.3) is 5.65 Å². The molecule has 2 amide bonds. The number of nitrogens with two attached hydrogens (primary N) is 1. The van der Waals surface area contributed by atoms with Gasteiger partial charge in [0.05, 0.1) is 37.7 Å². The number of nitrogens with zero attached hydrogens (tertiary/aromatic N) is 4. The molecule has 0 aliphatic carbocycles. The van der Waals surface area contributed by atoms with Gasteiger partial charge in [0.25, 0.3) is 0 Å². The lowest BCUT2D eigenvalue weighted by molar-refractivity contribution is -0.126. The molecule has 1 fully saturated rings. The summed E-state index contributed by atoms with van der Waals surface area (Å²) < 4.78 is 19.6. The van der Waals surface area contributed by atoms with Crippen LogP contribution in [0.15, 0.2) is 46.9 Å². The smallest absolute Gasteiger partial charge is 0.410 e. The van der Waals surface area contributed by atoms with Gasteiger partial charge in [-0.25, -0.2) is 4.79 Å². The molecule has 11 nitrogen and oxygen atoms in total. The van der Waals surface area contributed by atoms with Crippen molar-refractivity contribution in [1.29, 1.82) is 0 Å². The van der Waals surface area contributed by atoms with E-state index < -0.39 is 17.7 Å². The van der Waals surface area contributed by atoms with Crippen molar-refractivity contribution in [1.82, 2.24) is 24.8 Å². The van der Waals surface area contributed by atoms with Gasteiger partial charge in [-0.15, -0.1) is 10.2 Å². The number of morpholine rings is 1. The Bertz CT molecular complexity index is 1240. The SMILES string of the molecule is C.CC(C)(N)C(=O)N[C@H](COCc1ccccc1Br)c1nnc2cccc(COC(=O)N3CCOCC3)n12. The number of fused-ring (bicyclic) bond motifs is 1. The summed E-state index contributed by atoms with van der Waals surface area (Å²) in [6.07, 6.45) is -0.415. The van der Waals surface area contributed by atoms with Gasteiger partial charge in [-0.05, 0) is 37.6 Å². The van der Waals surface area contributed by atoms with E-state index in [-0.39, 0.29) is 26.5 Å². The van der Waals surface area contributed by atoms with Gasteiger partial charge >= 0.3 is 6.09 Å². The van der Waals surface area contributed by atoms with Crippen LogP contribution in [0.2, 0.25) is 0 Å². The quantitative estimate of drug-likeness (QED) is 0.388. The second-order valence-electron chi connectivity index (χ2n) is 9.28.